The van der Waals surface area contributed by atoms with E-state index in [1.807, 2.05) is 31.2 Å². The van der Waals surface area contributed by atoms with Gasteiger partial charge in [-0.3, -0.25) is 4.79 Å². The number of amides is 1. The van der Waals surface area contributed by atoms with Crippen molar-refractivity contribution in [3.63, 3.8) is 0 Å². The lowest BCUT2D eigenvalue weighted by molar-refractivity contribution is -0.121. The molecule has 84 valence electrons. The Hall–Kier alpha value is -1.27. The maximum Gasteiger partial charge on any atom is 0.221 e. The van der Waals surface area contributed by atoms with Crippen LogP contribution in [0, 0.1) is 12.3 Å². The van der Waals surface area contributed by atoms with Crippen molar-refractivity contribution in [1.29, 1.82) is 0 Å². The van der Waals surface area contributed by atoms with Crippen molar-refractivity contribution in [2.24, 2.45) is 0 Å². The highest BCUT2D eigenvalue weighted by atomic mass is 79.9. The average Bonchev–Trinajstić information content (AvgIpc) is 2.26. The fraction of sp³-hybridized carbons (Fsp3) is 0.308. The van der Waals surface area contributed by atoms with Crippen molar-refractivity contribution < 1.29 is 4.79 Å². The zero-order valence-electron chi connectivity index (χ0n) is 9.16. The Balaban J connectivity index is 2.56. The number of halogens is 1. The van der Waals surface area contributed by atoms with Crippen LogP contribution in [-0.2, 0) is 4.79 Å². The Kier molecular flexibility index (Phi) is 5.07. The number of hydrogen-bond acceptors (Lipinski definition) is 1. The number of carbonyl (C=O) groups is 1. The highest BCUT2D eigenvalue weighted by Crippen LogP contribution is 2.17. The third kappa shape index (κ3) is 4.08. The first kappa shape index (κ1) is 12.8. The van der Waals surface area contributed by atoms with Crippen molar-refractivity contribution in [2.75, 3.05) is 0 Å². The molecule has 1 atom stereocenters. The van der Waals surface area contributed by atoms with Crippen molar-refractivity contribution in [3.05, 3.63) is 34.3 Å². The minimum absolute atomic E-state index is 0.00257. The molecule has 1 amide bonds. The van der Waals surface area contributed by atoms with E-state index in [4.69, 9.17) is 6.42 Å². The van der Waals surface area contributed by atoms with E-state index in [1.165, 1.54) is 0 Å². The van der Waals surface area contributed by atoms with Crippen molar-refractivity contribution >= 4 is 21.8 Å². The summed E-state index contributed by atoms with van der Waals surface area (Å²) >= 11 is 3.40. The molecule has 0 aliphatic carbocycles. The number of rotatable bonds is 4. The summed E-state index contributed by atoms with van der Waals surface area (Å²) < 4.78 is 1.01. The third-order valence-corrected chi connectivity index (χ3v) is 2.72. The highest BCUT2D eigenvalue weighted by Gasteiger charge is 2.08. The average molecular weight is 280 g/mol. The number of hydrogen-bond donors (Lipinski definition) is 1. The van der Waals surface area contributed by atoms with Gasteiger partial charge < -0.3 is 5.32 Å². The monoisotopic (exact) mass is 279 g/mol. The predicted molar refractivity (Wildman–Crippen MR) is 68.8 cm³/mol. The number of terminal acetylenes is 1. The van der Waals surface area contributed by atoms with E-state index in [-0.39, 0.29) is 11.9 Å². The molecule has 3 heteroatoms. The summed E-state index contributed by atoms with van der Waals surface area (Å²) in [7, 11) is 0. The summed E-state index contributed by atoms with van der Waals surface area (Å²) in [6.07, 6.45) is 5.97. The van der Waals surface area contributed by atoms with Gasteiger partial charge in [0, 0.05) is 17.3 Å². The molecule has 0 saturated carbocycles. The second-order valence-electron chi connectivity index (χ2n) is 3.55. The van der Waals surface area contributed by atoms with Gasteiger partial charge in [-0.1, -0.05) is 28.1 Å². The second-order valence-corrected chi connectivity index (χ2v) is 4.46. The maximum absolute atomic E-state index is 11.5. The number of nitrogens with one attached hydrogen (secondary N) is 1. The molecule has 0 aromatic heterocycles. The van der Waals surface area contributed by atoms with Gasteiger partial charge in [0.2, 0.25) is 5.91 Å². The Morgan fingerprint density at radius 3 is 3.00 bits per heavy atom. The van der Waals surface area contributed by atoms with Gasteiger partial charge in [-0.25, -0.2) is 0 Å². The Morgan fingerprint density at radius 1 is 1.62 bits per heavy atom. The lowest BCUT2D eigenvalue weighted by atomic mass is 10.1. The van der Waals surface area contributed by atoms with E-state index in [9.17, 15) is 4.79 Å². The quantitative estimate of drug-likeness (QED) is 0.844. The first-order chi connectivity index (χ1) is 7.63. The van der Waals surface area contributed by atoms with Gasteiger partial charge >= 0.3 is 0 Å². The Bertz CT molecular complexity index is 409. The molecule has 1 rings (SSSR count). The molecule has 0 radical (unpaired) electrons. The molecule has 0 bridgehead atoms. The highest BCUT2D eigenvalue weighted by molar-refractivity contribution is 9.10. The van der Waals surface area contributed by atoms with E-state index in [0.717, 1.165) is 10.0 Å². The molecule has 1 unspecified atom stereocenters. The molecule has 0 spiro atoms. The van der Waals surface area contributed by atoms with Crippen molar-refractivity contribution in [1.82, 2.24) is 5.32 Å². The predicted octanol–water partition coefficient (Wildman–Crippen LogP) is 3.04. The summed E-state index contributed by atoms with van der Waals surface area (Å²) in [5.74, 6) is 2.44. The third-order valence-electron chi connectivity index (χ3n) is 2.22. The van der Waals surface area contributed by atoms with E-state index >= 15 is 0 Å². The Labute approximate surface area is 105 Å². The summed E-state index contributed by atoms with van der Waals surface area (Å²) in [6.45, 7) is 1.95. The lowest BCUT2D eigenvalue weighted by Crippen LogP contribution is -2.26. The SMILES string of the molecule is C#CCCC(=O)NC(C)c1cccc(Br)c1. The van der Waals surface area contributed by atoms with Gasteiger partial charge in [-0.05, 0) is 24.6 Å². The first-order valence-corrected chi connectivity index (χ1v) is 5.91. The van der Waals surface area contributed by atoms with Crippen LogP contribution in [0.5, 0.6) is 0 Å². The van der Waals surface area contributed by atoms with Crippen molar-refractivity contribution in [3.8, 4) is 12.3 Å². The van der Waals surface area contributed by atoms with Gasteiger partial charge in [0.15, 0.2) is 0 Å². The van der Waals surface area contributed by atoms with Crippen LogP contribution in [0.4, 0.5) is 0 Å². The molecular weight excluding hydrogens is 266 g/mol. The van der Waals surface area contributed by atoms with Crippen LogP contribution in [0.2, 0.25) is 0 Å². The summed E-state index contributed by atoms with van der Waals surface area (Å²) in [4.78, 5) is 11.5. The molecule has 0 fully saturated rings. The van der Waals surface area contributed by atoms with E-state index in [1.54, 1.807) is 0 Å². The molecule has 0 aliphatic heterocycles. The van der Waals surface area contributed by atoms with E-state index in [2.05, 4.69) is 27.2 Å². The molecule has 0 aliphatic rings. The van der Waals surface area contributed by atoms with Crippen LogP contribution in [0.25, 0.3) is 0 Å². The molecular formula is C13H14BrNO. The standard InChI is InChI=1S/C13H14BrNO/c1-3-4-8-13(16)15-10(2)11-6-5-7-12(14)9-11/h1,5-7,9-10H,4,8H2,2H3,(H,15,16). The smallest absolute Gasteiger partial charge is 0.221 e. The summed E-state index contributed by atoms with van der Waals surface area (Å²) in [5, 5.41) is 2.90. The summed E-state index contributed by atoms with van der Waals surface area (Å²) in [6, 6.07) is 7.88. The van der Waals surface area contributed by atoms with Gasteiger partial charge in [0.05, 0.1) is 6.04 Å². The molecule has 1 N–H and O–H groups in total. The van der Waals surface area contributed by atoms with Crippen LogP contribution >= 0.6 is 15.9 Å². The molecule has 2 nitrogen and oxygen atoms in total. The summed E-state index contributed by atoms with van der Waals surface area (Å²) in [5.41, 5.74) is 1.07. The van der Waals surface area contributed by atoms with E-state index < -0.39 is 0 Å². The second kappa shape index (κ2) is 6.34. The van der Waals surface area contributed by atoms with Gasteiger partial charge in [0.1, 0.15) is 0 Å². The van der Waals surface area contributed by atoms with Crippen LogP contribution in [0.1, 0.15) is 31.4 Å². The van der Waals surface area contributed by atoms with Gasteiger partial charge in [0.25, 0.3) is 0 Å². The topological polar surface area (TPSA) is 29.1 Å². The minimum atomic E-state index is -0.00887. The molecule has 1 aromatic carbocycles. The van der Waals surface area contributed by atoms with Crippen LogP contribution in [0.3, 0.4) is 0 Å². The molecule has 16 heavy (non-hydrogen) atoms. The number of benzene rings is 1. The minimum Gasteiger partial charge on any atom is -0.350 e. The normalized spacial score (nSPS) is 11.6. The largest absolute Gasteiger partial charge is 0.350 e. The molecule has 0 saturated heterocycles. The fourth-order valence-electron chi connectivity index (χ4n) is 1.36. The zero-order valence-corrected chi connectivity index (χ0v) is 10.8. The number of carbonyl (C=O) groups excluding carboxylic acids is 1. The molecule has 1 aromatic rings. The van der Waals surface area contributed by atoms with Crippen LogP contribution in [0.15, 0.2) is 28.7 Å². The Morgan fingerprint density at radius 2 is 2.38 bits per heavy atom. The van der Waals surface area contributed by atoms with Gasteiger partial charge in [-0.15, -0.1) is 12.3 Å². The maximum atomic E-state index is 11.5. The van der Waals surface area contributed by atoms with Crippen LogP contribution < -0.4 is 5.32 Å². The first-order valence-electron chi connectivity index (χ1n) is 5.11. The van der Waals surface area contributed by atoms with Crippen molar-refractivity contribution in [2.45, 2.75) is 25.8 Å². The fourth-order valence-corrected chi connectivity index (χ4v) is 1.78. The lowest BCUT2D eigenvalue weighted by Gasteiger charge is -2.14. The van der Waals surface area contributed by atoms with E-state index in [0.29, 0.717) is 12.8 Å². The van der Waals surface area contributed by atoms with Crippen LogP contribution in [-0.4, -0.2) is 5.91 Å². The zero-order chi connectivity index (χ0) is 12.0. The molecule has 0 heterocycles. The van der Waals surface area contributed by atoms with Gasteiger partial charge in [-0.2, -0.15) is 0 Å².